The molecule has 0 aromatic heterocycles. The summed E-state index contributed by atoms with van der Waals surface area (Å²) in [4.78, 5) is 13.8. The van der Waals surface area contributed by atoms with E-state index in [9.17, 15) is 15.0 Å². The molecule has 2 N–H and O–H groups in total. The standard InChI is InChI=1S/C17H25NO4/c1-5-16(21)18-9-13(17(3,10-18)11(2)19)12-6-7-15(22-4)14(20)8-12/h6-8,11,13,19-20H,5,9-10H2,1-4H3/t11-,13+,17+/m1/s1. The van der Waals surface area contributed by atoms with Crippen molar-refractivity contribution in [2.45, 2.75) is 39.2 Å². The number of rotatable bonds is 4. The van der Waals surface area contributed by atoms with Gasteiger partial charge in [0.1, 0.15) is 0 Å². The van der Waals surface area contributed by atoms with Crippen molar-refractivity contribution in [2.24, 2.45) is 5.41 Å². The summed E-state index contributed by atoms with van der Waals surface area (Å²) in [5, 5.41) is 20.3. The molecule has 1 aliphatic heterocycles. The van der Waals surface area contributed by atoms with E-state index in [-0.39, 0.29) is 17.6 Å². The first-order valence-corrected chi connectivity index (χ1v) is 7.66. The SMILES string of the molecule is CCC(=O)N1C[C@@H](c2ccc(OC)c(O)c2)[C@](C)([C@@H](C)O)C1. The minimum Gasteiger partial charge on any atom is -0.504 e. The van der Waals surface area contributed by atoms with E-state index in [2.05, 4.69) is 0 Å². The van der Waals surface area contributed by atoms with Crippen LogP contribution in [0.25, 0.3) is 0 Å². The number of hydrogen-bond donors (Lipinski definition) is 2. The van der Waals surface area contributed by atoms with Gasteiger partial charge >= 0.3 is 0 Å². The zero-order valence-electron chi connectivity index (χ0n) is 13.7. The van der Waals surface area contributed by atoms with Gasteiger partial charge in [0.15, 0.2) is 11.5 Å². The van der Waals surface area contributed by atoms with Crippen LogP contribution in [-0.2, 0) is 4.79 Å². The Morgan fingerprint density at radius 2 is 2.23 bits per heavy atom. The number of carbonyl (C=O) groups excluding carboxylic acids is 1. The molecular formula is C17H25NO4. The molecule has 0 unspecified atom stereocenters. The van der Waals surface area contributed by atoms with Crippen molar-refractivity contribution in [3.05, 3.63) is 23.8 Å². The molecule has 1 aromatic rings. The van der Waals surface area contributed by atoms with Crippen molar-refractivity contribution in [3.63, 3.8) is 0 Å². The molecule has 22 heavy (non-hydrogen) atoms. The molecule has 0 bridgehead atoms. The predicted molar refractivity (Wildman–Crippen MR) is 84.1 cm³/mol. The summed E-state index contributed by atoms with van der Waals surface area (Å²) >= 11 is 0. The summed E-state index contributed by atoms with van der Waals surface area (Å²) in [5.74, 6) is 0.558. The van der Waals surface area contributed by atoms with Gasteiger partial charge in [0.2, 0.25) is 5.91 Å². The number of ether oxygens (including phenoxy) is 1. The average Bonchev–Trinajstić information content (AvgIpc) is 2.85. The van der Waals surface area contributed by atoms with E-state index in [0.29, 0.717) is 25.3 Å². The van der Waals surface area contributed by atoms with Crippen LogP contribution in [0.3, 0.4) is 0 Å². The first kappa shape index (κ1) is 16.6. The lowest BCUT2D eigenvalue weighted by Crippen LogP contribution is -2.38. The molecule has 1 fully saturated rings. The molecule has 1 heterocycles. The number of amides is 1. The van der Waals surface area contributed by atoms with Crippen LogP contribution in [0.5, 0.6) is 11.5 Å². The van der Waals surface area contributed by atoms with Crippen molar-refractivity contribution in [2.75, 3.05) is 20.2 Å². The Morgan fingerprint density at radius 1 is 1.55 bits per heavy atom. The van der Waals surface area contributed by atoms with Gasteiger partial charge < -0.3 is 19.8 Å². The number of hydrogen-bond acceptors (Lipinski definition) is 4. The Kier molecular flexibility index (Phi) is 4.66. The monoisotopic (exact) mass is 307 g/mol. The molecule has 5 heteroatoms. The fourth-order valence-corrected chi connectivity index (χ4v) is 3.26. The third-order valence-electron chi connectivity index (χ3n) is 4.95. The van der Waals surface area contributed by atoms with Gasteiger partial charge in [-0.3, -0.25) is 4.79 Å². The molecule has 0 radical (unpaired) electrons. The van der Waals surface area contributed by atoms with E-state index < -0.39 is 11.5 Å². The van der Waals surface area contributed by atoms with E-state index in [1.165, 1.54) is 7.11 Å². The van der Waals surface area contributed by atoms with Gasteiger partial charge in [-0.1, -0.05) is 19.9 Å². The maximum Gasteiger partial charge on any atom is 0.222 e. The third-order valence-corrected chi connectivity index (χ3v) is 4.95. The molecule has 3 atom stereocenters. The number of benzene rings is 1. The zero-order valence-corrected chi connectivity index (χ0v) is 13.7. The van der Waals surface area contributed by atoms with E-state index in [0.717, 1.165) is 5.56 Å². The lowest BCUT2D eigenvalue weighted by Gasteiger charge is -2.33. The first-order chi connectivity index (χ1) is 10.3. The van der Waals surface area contributed by atoms with Gasteiger partial charge in [0.25, 0.3) is 0 Å². The van der Waals surface area contributed by atoms with Crippen LogP contribution in [0.2, 0.25) is 0 Å². The second-order valence-electron chi connectivity index (χ2n) is 6.29. The molecule has 2 rings (SSSR count). The van der Waals surface area contributed by atoms with Crippen molar-refractivity contribution >= 4 is 5.91 Å². The fourth-order valence-electron chi connectivity index (χ4n) is 3.26. The Balaban J connectivity index is 2.38. The smallest absolute Gasteiger partial charge is 0.222 e. The quantitative estimate of drug-likeness (QED) is 0.894. The second kappa shape index (κ2) is 6.16. The number of nitrogens with zero attached hydrogens (tertiary/aromatic N) is 1. The minimum absolute atomic E-state index is 0.0280. The van der Waals surface area contributed by atoms with E-state index >= 15 is 0 Å². The van der Waals surface area contributed by atoms with Crippen LogP contribution in [-0.4, -0.2) is 47.3 Å². The van der Waals surface area contributed by atoms with Crippen LogP contribution >= 0.6 is 0 Å². The first-order valence-electron chi connectivity index (χ1n) is 7.66. The summed E-state index contributed by atoms with van der Waals surface area (Å²) in [6.45, 7) is 6.67. The number of phenolic OH excluding ortho intramolecular Hbond substituents is 1. The lowest BCUT2D eigenvalue weighted by atomic mass is 9.72. The molecule has 0 spiro atoms. The van der Waals surface area contributed by atoms with Crippen LogP contribution in [0.15, 0.2) is 18.2 Å². The highest BCUT2D eigenvalue weighted by molar-refractivity contribution is 5.76. The van der Waals surface area contributed by atoms with Crippen LogP contribution in [0, 0.1) is 5.41 Å². The maximum atomic E-state index is 12.0. The summed E-state index contributed by atoms with van der Waals surface area (Å²) < 4.78 is 5.07. The summed E-state index contributed by atoms with van der Waals surface area (Å²) in [6.07, 6.45) is -0.104. The van der Waals surface area contributed by atoms with Crippen LogP contribution < -0.4 is 4.74 Å². The van der Waals surface area contributed by atoms with Crippen molar-refractivity contribution in [1.29, 1.82) is 0 Å². The molecule has 1 saturated heterocycles. The molecular weight excluding hydrogens is 282 g/mol. The number of phenols is 1. The Morgan fingerprint density at radius 3 is 2.73 bits per heavy atom. The number of aliphatic hydroxyl groups is 1. The number of carbonyl (C=O) groups is 1. The topological polar surface area (TPSA) is 70.0 Å². The second-order valence-corrected chi connectivity index (χ2v) is 6.29. The maximum absolute atomic E-state index is 12.0. The Labute approximate surface area is 131 Å². The zero-order chi connectivity index (χ0) is 16.5. The van der Waals surface area contributed by atoms with Crippen molar-refractivity contribution < 1.29 is 19.7 Å². The van der Waals surface area contributed by atoms with Gasteiger partial charge in [-0.05, 0) is 24.6 Å². The molecule has 1 amide bonds. The molecule has 0 saturated carbocycles. The number of aromatic hydroxyl groups is 1. The van der Waals surface area contributed by atoms with Crippen LogP contribution in [0.4, 0.5) is 0 Å². The molecule has 1 aliphatic rings. The van der Waals surface area contributed by atoms with Gasteiger partial charge in [0, 0.05) is 30.8 Å². The molecule has 0 aliphatic carbocycles. The fraction of sp³-hybridized carbons (Fsp3) is 0.588. The molecule has 5 nitrogen and oxygen atoms in total. The molecule has 1 aromatic carbocycles. The number of methoxy groups -OCH3 is 1. The third kappa shape index (κ3) is 2.77. The highest BCUT2D eigenvalue weighted by Gasteiger charge is 2.48. The van der Waals surface area contributed by atoms with E-state index in [1.54, 1.807) is 24.0 Å². The Hall–Kier alpha value is -1.75. The molecule has 122 valence electrons. The highest BCUT2D eigenvalue weighted by Crippen LogP contribution is 2.46. The van der Waals surface area contributed by atoms with Gasteiger partial charge in [-0.15, -0.1) is 0 Å². The highest BCUT2D eigenvalue weighted by atomic mass is 16.5. The van der Waals surface area contributed by atoms with Crippen molar-refractivity contribution in [3.8, 4) is 11.5 Å². The van der Waals surface area contributed by atoms with E-state index in [4.69, 9.17) is 4.74 Å². The van der Waals surface area contributed by atoms with Gasteiger partial charge in [-0.2, -0.15) is 0 Å². The number of aliphatic hydroxyl groups excluding tert-OH is 1. The lowest BCUT2D eigenvalue weighted by molar-refractivity contribution is -0.130. The predicted octanol–water partition coefficient (Wildman–Crippen LogP) is 2.12. The summed E-state index contributed by atoms with van der Waals surface area (Å²) in [5.41, 5.74) is 0.472. The van der Waals surface area contributed by atoms with Crippen molar-refractivity contribution in [1.82, 2.24) is 4.90 Å². The minimum atomic E-state index is -0.559. The largest absolute Gasteiger partial charge is 0.504 e. The number of likely N-dealkylation sites (tertiary alicyclic amines) is 1. The van der Waals surface area contributed by atoms with Crippen LogP contribution in [0.1, 0.15) is 38.7 Å². The normalized spacial score (nSPS) is 26.0. The van der Waals surface area contributed by atoms with Gasteiger partial charge in [0.05, 0.1) is 13.2 Å². The van der Waals surface area contributed by atoms with E-state index in [1.807, 2.05) is 19.9 Å². The summed E-state index contributed by atoms with van der Waals surface area (Å²) in [7, 11) is 1.51. The van der Waals surface area contributed by atoms with Gasteiger partial charge in [-0.25, -0.2) is 0 Å². The Bertz CT molecular complexity index is 558. The average molecular weight is 307 g/mol. The summed E-state index contributed by atoms with van der Waals surface area (Å²) in [6, 6.07) is 5.28.